The number of nitrogens with zero attached hydrogens (tertiary/aromatic N) is 7. The average Bonchev–Trinajstić information content (AvgIpc) is 1.30. The zero-order chi connectivity index (χ0) is 67.9. The largest absolute Gasteiger partial charge is 0.417 e. The minimum atomic E-state index is -4.75. The normalized spacial score (nSPS) is 26.6. The van der Waals surface area contributed by atoms with Gasteiger partial charge < -0.3 is 55.6 Å². The van der Waals surface area contributed by atoms with Crippen molar-refractivity contribution in [1.29, 1.82) is 0 Å². The van der Waals surface area contributed by atoms with Crippen molar-refractivity contribution < 1.29 is 65.9 Å². The Morgan fingerprint density at radius 2 is 1.32 bits per heavy atom. The first-order chi connectivity index (χ1) is 42.0. The molecular weight excluding hydrogens is 1190 g/mol. The predicted octanol–water partition coefficient (Wildman–Crippen LogP) is 5.19. The lowest BCUT2D eigenvalue weighted by molar-refractivity contribution is -0.149. The number of hydrogen-bond acceptors (Lipinski definition) is 11. The van der Waals surface area contributed by atoms with Crippen LogP contribution in [-0.2, 0) is 65.3 Å². The van der Waals surface area contributed by atoms with Crippen LogP contribution < -0.4 is 21.3 Å². The van der Waals surface area contributed by atoms with E-state index in [0.717, 1.165) is 58.9 Å². The molecule has 2 aliphatic heterocycles. The smallest absolute Gasteiger partial charge is 0.351 e. The highest BCUT2D eigenvalue weighted by Gasteiger charge is 2.46. The Hall–Kier alpha value is -6.79. The number of carbonyl (C=O) groups is 11. The van der Waals surface area contributed by atoms with Crippen LogP contribution in [0.15, 0.2) is 30.9 Å². The summed E-state index contributed by atoms with van der Waals surface area (Å²) in [4.78, 5) is 167. The lowest BCUT2D eigenvalue weighted by Gasteiger charge is -2.39. The number of aryl methyl sites for hydroxylation is 1. The Balaban J connectivity index is 1.81. The second-order valence-electron chi connectivity index (χ2n) is 26.1. The van der Waals surface area contributed by atoms with Gasteiger partial charge in [-0.3, -0.25) is 52.7 Å². The van der Waals surface area contributed by atoms with E-state index in [9.17, 15) is 65.9 Å². The first kappa shape index (κ1) is 75.7. The Kier molecular flexibility index (Phi) is 28.2. The van der Waals surface area contributed by atoms with E-state index in [-0.39, 0.29) is 63.3 Å². The molecule has 2 saturated heterocycles. The summed E-state index contributed by atoms with van der Waals surface area (Å²) in [6.07, 6.45) is 1.60. The number of amides is 11. The molecule has 4 rings (SSSR count). The number of halogens is 4. The molecule has 1 aliphatic carbocycles. The van der Waals surface area contributed by atoms with Crippen molar-refractivity contribution in [3.05, 3.63) is 47.0 Å². The highest BCUT2D eigenvalue weighted by atomic mass is 35.5. The van der Waals surface area contributed by atoms with Crippen LogP contribution in [0.3, 0.4) is 0 Å². The first-order valence-corrected chi connectivity index (χ1v) is 31.9. The number of likely N-dealkylation sites (N-methyl/N-ethyl adjacent to an activating group) is 6. The highest BCUT2D eigenvalue weighted by molar-refractivity contribution is 6.31. The molecule has 3 aliphatic rings. The maximum absolute atomic E-state index is 14.9. The zero-order valence-electron chi connectivity index (χ0n) is 55.2. The van der Waals surface area contributed by atoms with Crippen molar-refractivity contribution in [2.75, 3.05) is 68.5 Å². The Morgan fingerprint density at radius 1 is 0.711 bits per heavy atom. The third kappa shape index (κ3) is 20.4. The molecule has 0 radical (unpaired) electrons. The van der Waals surface area contributed by atoms with Gasteiger partial charge in [-0.25, -0.2) is 0 Å². The summed E-state index contributed by atoms with van der Waals surface area (Å²) in [5, 5.41) is 10.7. The zero-order valence-corrected chi connectivity index (χ0v) is 56.0. The number of nitrogens with one attached hydrogen (secondary N) is 4. The van der Waals surface area contributed by atoms with Crippen molar-refractivity contribution in [2.24, 2.45) is 23.7 Å². The van der Waals surface area contributed by atoms with Crippen LogP contribution in [0.25, 0.3) is 0 Å². The van der Waals surface area contributed by atoms with E-state index in [1.54, 1.807) is 27.7 Å². The third-order valence-electron chi connectivity index (χ3n) is 17.8. The van der Waals surface area contributed by atoms with Crippen LogP contribution in [0.1, 0.15) is 150 Å². The van der Waals surface area contributed by atoms with Gasteiger partial charge in [0.25, 0.3) is 0 Å². The number of hydrogen-bond donors (Lipinski definition) is 4. The van der Waals surface area contributed by atoms with Gasteiger partial charge in [0.05, 0.1) is 30.2 Å². The maximum atomic E-state index is 14.9. The third-order valence-corrected chi connectivity index (χ3v) is 18.1. The average molecular weight is 1290 g/mol. The molecule has 504 valence electrons. The Bertz CT molecular complexity index is 2760. The fraction of sp³-hybridized carbons (Fsp3) is 0.703. The van der Waals surface area contributed by atoms with Gasteiger partial charge in [0.1, 0.15) is 41.8 Å². The quantitative estimate of drug-likeness (QED) is 0.198. The molecule has 11 amide bonds. The molecule has 9 atom stereocenters. The minimum absolute atomic E-state index is 0.0228. The van der Waals surface area contributed by atoms with Crippen molar-refractivity contribution in [1.82, 2.24) is 55.6 Å². The van der Waals surface area contributed by atoms with Gasteiger partial charge in [0.2, 0.25) is 65.0 Å². The van der Waals surface area contributed by atoms with Crippen LogP contribution in [0, 0.1) is 23.7 Å². The summed E-state index contributed by atoms with van der Waals surface area (Å²) < 4.78 is 41.2. The molecule has 2 heterocycles. The molecule has 0 bridgehead atoms. The Labute approximate surface area is 534 Å². The fourth-order valence-corrected chi connectivity index (χ4v) is 12.5. The molecule has 0 aromatic heterocycles. The van der Waals surface area contributed by atoms with Gasteiger partial charge in [-0.2, -0.15) is 13.2 Å². The van der Waals surface area contributed by atoms with Gasteiger partial charge in [0, 0.05) is 61.3 Å². The molecule has 1 unspecified atom stereocenters. The molecule has 90 heavy (non-hydrogen) atoms. The van der Waals surface area contributed by atoms with Crippen molar-refractivity contribution in [3.63, 3.8) is 0 Å². The lowest BCUT2D eigenvalue weighted by Crippen LogP contribution is -2.64. The number of rotatable bonds is 12. The lowest BCUT2D eigenvalue weighted by atomic mass is 9.84. The highest BCUT2D eigenvalue weighted by Crippen LogP contribution is 2.36. The summed E-state index contributed by atoms with van der Waals surface area (Å²) in [6, 6.07) is -4.84. The number of carbonyl (C=O) groups excluding carboxylic acids is 11. The SMILES string of the molecule is C=CC[C@]1(C)NC(=O)[C@@H]2CCCN2C(=O)[C@H](CCc2ccc(C(F)(F)F)c(Cl)c2)NC(=O)CN(C)C(=O)[C@H](CC2CCCCC2)N(C)C(=O)CN(C)C(=O)CN(C)C(=O)[C@H](C(C)CC)NC(=O)[C@H](CC(C)C)N(C)C(=O)C[C@@H](C)NC(=O)[C@H](C(C)C)N(C)C1=O. The van der Waals surface area contributed by atoms with Gasteiger partial charge in [-0.1, -0.05) is 104 Å². The van der Waals surface area contributed by atoms with Gasteiger partial charge in [-0.05, 0) is 100 Å². The van der Waals surface area contributed by atoms with Crippen LogP contribution in [0.4, 0.5) is 13.2 Å². The second kappa shape index (κ2) is 33.5. The van der Waals surface area contributed by atoms with Crippen LogP contribution in [-0.4, -0.2) is 216 Å². The number of fused-ring (bicyclic) bond motifs is 1. The fourth-order valence-electron chi connectivity index (χ4n) is 12.2. The molecule has 22 nitrogen and oxygen atoms in total. The molecular formula is C64H99ClF3N11O11. The molecule has 1 aromatic rings. The van der Waals surface area contributed by atoms with E-state index < -0.39 is 161 Å². The minimum Gasteiger partial charge on any atom is -0.351 e. The van der Waals surface area contributed by atoms with Crippen molar-refractivity contribution in [3.8, 4) is 0 Å². The van der Waals surface area contributed by atoms with E-state index >= 15 is 0 Å². The summed E-state index contributed by atoms with van der Waals surface area (Å²) in [5.74, 6) is -8.30. The molecule has 4 N–H and O–H groups in total. The topological polar surface area (TPSA) is 259 Å². The number of alkyl halides is 3. The van der Waals surface area contributed by atoms with Crippen LogP contribution in [0.5, 0.6) is 0 Å². The van der Waals surface area contributed by atoms with E-state index in [1.165, 1.54) is 81.0 Å². The maximum Gasteiger partial charge on any atom is 0.417 e. The second-order valence-corrected chi connectivity index (χ2v) is 26.5. The first-order valence-electron chi connectivity index (χ1n) is 31.5. The predicted molar refractivity (Wildman–Crippen MR) is 334 cm³/mol. The number of benzene rings is 1. The van der Waals surface area contributed by atoms with Crippen molar-refractivity contribution in [2.45, 2.75) is 199 Å². The summed E-state index contributed by atoms with van der Waals surface area (Å²) in [6.45, 7) is 16.0. The van der Waals surface area contributed by atoms with Gasteiger partial charge in [-0.15, -0.1) is 6.58 Å². The molecule has 0 spiro atoms. The molecule has 26 heteroatoms. The van der Waals surface area contributed by atoms with E-state index in [2.05, 4.69) is 27.8 Å². The van der Waals surface area contributed by atoms with Crippen molar-refractivity contribution >= 4 is 76.6 Å². The van der Waals surface area contributed by atoms with Gasteiger partial charge >= 0.3 is 6.18 Å². The monoisotopic (exact) mass is 1290 g/mol. The van der Waals surface area contributed by atoms with E-state index in [1.807, 2.05) is 20.8 Å². The van der Waals surface area contributed by atoms with Gasteiger partial charge in [0.15, 0.2) is 0 Å². The standard InChI is InChI=1S/C64H99ClF3N11O11/c1-16-29-63(9)62(90)78(15)55(39(5)6)58(86)69-41(8)32-51(81)76(13)48(31-38(3)4)56(84)71-54(40(7)17-2)61(89)75(12)36-52(82)73(10)37-53(83)77(14)49(34-42-22-19-18-20-23-42)60(88)74(11)35-50(80)70-46(59(87)79-30-21-24-47(79)57(85)72-63)28-26-43-25-27-44(45(65)33-43)64(66,67)68/h16,25,27,33,38-42,46-49,54-55H,1,17-24,26,28-32,34-37H2,2-15H3,(H,69,86)(H,70,80)(H,71,84)(H,72,85)/t40?,41-,46+,47+,48+,49+,54+,55+,63+/m1/s1. The van der Waals surface area contributed by atoms with E-state index in [4.69, 9.17) is 11.6 Å². The summed E-state index contributed by atoms with van der Waals surface area (Å²) in [5.41, 5.74) is -2.54. The summed E-state index contributed by atoms with van der Waals surface area (Å²) >= 11 is 6.10. The Morgan fingerprint density at radius 3 is 1.90 bits per heavy atom. The van der Waals surface area contributed by atoms with Crippen LogP contribution in [0.2, 0.25) is 5.02 Å². The molecule has 1 saturated carbocycles. The molecule has 1 aromatic carbocycles. The summed E-state index contributed by atoms with van der Waals surface area (Å²) in [7, 11) is 8.43. The van der Waals surface area contributed by atoms with Crippen LogP contribution >= 0.6 is 11.6 Å². The van der Waals surface area contributed by atoms with E-state index in [0.29, 0.717) is 18.4 Å². The molecule has 3 fully saturated rings.